The van der Waals surface area contributed by atoms with Crippen LogP contribution in [0, 0.1) is 6.92 Å². The topological polar surface area (TPSA) is 41.4 Å². The van der Waals surface area contributed by atoms with Gasteiger partial charge in [0.05, 0.1) is 6.54 Å². The lowest BCUT2D eigenvalue weighted by Crippen LogP contribution is -2.49. The van der Waals surface area contributed by atoms with E-state index in [4.69, 9.17) is 0 Å². The minimum atomic E-state index is 0.145. The molecule has 0 saturated carbocycles. The van der Waals surface area contributed by atoms with Crippen molar-refractivity contribution in [1.29, 1.82) is 0 Å². The molecule has 0 bridgehead atoms. The summed E-state index contributed by atoms with van der Waals surface area (Å²) in [6, 6.07) is 9.77. The Bertz CT molecular complexity index is 598. The lowest BCUT2D eigenvalue weighted by atomic mass is 10.1. The monoisotopic (exact) mass is 298 g/mol. The van der Waals surface area contributed by atoms with Crippen molar-refractivity contribution >= 4 is 5.91 Å². The van der Waals surface area contributed by atoms with Gasteiger partial charge in [0, 0.05) is 50.7 Å². The fourth-order valence-corrected chi connectivity index (χ4v) is 2.73. The number of rotatable bonds is 4. The molecule has 1 fully saturated rings. The van der Waals surface area contributed by atoms with E-state index in [0.717, 1.165) is 44.8 Å². The number of hydrogen-bond acceptors (Lipinski definition) is 3. The normalized spacial score (nSPS) is 16.0. The number of piperazine rings is 1. The summed E-state index contributed by atoms with van der Waals surface area (Å²) in [5.41, 5.74) is 1.97. The molecule has 0 aliphatic carbocycles. The third-order valence-electron chi connectivity index (χ3n) is 4.16. The van der Waals surface area contributed by atoms with E-state index in [1.165, 1.54) is 5.56 Å². The molecule has 5 heteroatoms. The molecule has 1 saturated heterocycles. The van der Waals surface area contributed by atoms with Gasteiger partial charge >= 0.3 is 0 Å². The number of hydrogen-bond donors (Lipinski definition) is 0. The molecule has 0 atom stereocenters. The molecule has 116 valence electrons. The highest BCUT2D eigenvalue weighted by Crippen LogP contribution is 2.10. The fourth-order valence-electron chi connectivity index (χ4n) is 2.73. The van der Waals surface area contributed by atoms with E-state index in [9.17, 15) is 4.79 Å². The maximum atomic E-state index is 12.5. The maximum absolute atomic E-state index is 12.5. The molecular formula is C17H22N4O. The van der Waals surface area contributed by atoms with Gasteiger partial charge in [0.25, 0.3) is 5.91 Å². The Morgan fingerprint density at radius 2 is 1.82 bits per heavy atom. The molecule has 0 spiro atoms. The zero-order valence-corrected chi connectivity index (χ0v) is 13.0. The first-order valence-electron chi connectivity index (χ1n) is 7.78. The van der Waals surface area contributed by atoms with Gasteiger partial charge in [0.2, 0.25) is 0 Å². The smallest absolute Gasteiger partial charge is 0.253 e. The fraction of sp³-hybridized carbons (Fsp3) is 0.412. The van der Waals surface area contributed by atoms with Crippen molar-refractivity contribution in [1.82, 2.24) is 19.6 Å². The molecule has 0 unspecified atom stereocenters. The highest BCUT2D eigenvalue weighted by atomic mass is 16.2. The molecule has 0 radical (unpaired) electrons. The standard InChI is InChI=1S/C17H22N4O/c1-15-3-5-16(6-4-15)17(22)20-12-9-19(10-13-20)11-14-21-8-2-7-18-21/h2-8H,9-14H2,1H3. The van der Waals surface area contributed by atoms with Gasteiger partial charge in [0.1, 0.15) is 0 Å². The van der Waals surface area contributed by atoms with Crippen LogP contribution >= 0.6 is 0 Å². The lowest BCUT2D eigenvalue weighted by Gasteiger charge is -2.34. The average Bonchev–Trinajstić information content (AvgIpc) is 3.07. The maximum Gasteiger partial charge on any atom is 0.253 e. The summed E-state index contributed by atoms with van der Waals surface area (Å²) >= 11 is 0. The van der Waals surface area contributed by atoms with Crippen molar-refractivity contribution in [2.24, 2.45) is 0 Å². The van der Waals surface area contributed by atoms with E-state index in [1.54, 1.807) is 6.20 Å². The average molecular weight is 298 g/mol. The molecule has 1 aliphatic heterocycles. The predicted molar refractivity (Wildman–Crippen MR) is 85.7 cm³/mol. The molecule has 1 amide bonds. The third kappa shape index (κ3) is 3.54. The Morgan fingerprint density at radius 1 is 1.09 bits per heavy atom. The summed E-state index contributed by atoms with van der Waals surface area (Å²) in [4.78, 5) is 16.8. The molecule has 3 rings (SSSR count). The first-order chi connectivity index (χ1) is 10.7. The largest absolute Gasteiger partial charge is 0.336 e. The molecule has 22 heavy (non-hydrogen) atoms. The summed E-state index contributed by atoms with van der Waals surface area (Å²) in [7, 11) is 0. The second kappa shape index (κ2) is 6.75. The number of aryl methyl sites for hydroxylation is 1. The first kappa shape index (κ1) is 14.8. The van der Waals surface area contributed by atoms with Gasteiger partial charge in [-0.2, -0.15) is 5.10 Å². The van der Waals surface area contributed by atoms with Crippen LogP contribution in [0.4, 0.5) is 0 Å². The Hall–Kier alpha value is -2.14. The van der Waals surface area contributed by atoms with Crippen LogP contribution in [0.15, 0.2) is 42.7 Å². The number of amides is 1. The van der Waals surface area contributed by atoms with Crippen molar-refractivity contribution in [2.45, 2.75) is 13.5 Å². The van der Waals surface area contributed by atoms with Gasteiger partial charge in [-0.1, -0.05) is 17.7 Å². The third-order valence-corrected chi connectivity index (χ3v) is 4.16. The van der Waals surface area contributed by atoms with Crippen molar-refractivity contribution in [3.8, 4) is 0 Å². The van der Waals surface area contributed by atoms with Crippen LogP contribution in [-0.4, -0.2) is 58.2 Å². The van der Waals surface area contributed by atoms with Crippen molar-refractivity contribution in [2.75, 3.05) is 32.7 Å². The zero-order chi connectivity index (χ0) is 15.4. The van der Waals surface area contributed by atoms with E-state index >= 15 is 0 Å². The van der Waals surface area contributed by atoms with Gasteiger partial charge < -0.3 is 4.90 Å². The SMILES string of the molecule is Cc1ccc(C(=O)N2CCN(CCn3cccn3)CC2)cc1. The van der Waals surface area contributed by atoms with E-state index in [1.807, 2.05) is 53.0 Å². The van der Waals surface area contributed by atoms with E-state index in [0.29, 0.717) is 0 Å². The second-order valence-corrected chi connectivity index (χ2v) is 5.77. The van der Waals surface area contributed by atoms with Crippen LogP contribution in [-0.2, 0) is 6.54 Å². The molecule has 0 N–H and O–H groups in total. The van der Waals surface area contributed by atoms with Crippen LogP contribution in [0.25, 0.3) is 0 Å². The minimum Gasteiger partial charge on any atom is -0.336 e. The van der Waals surface area contributed by atoms with Crippen LogP contribution in [0.1, 0.15) is 15.9 Å². The number of nitrogens with zero attached hydrogens (tertiary/aromatic N) is 4. The first-order valence-corrected chi connectivity index (χ1v) is 7.78. The molecule has 1 aromatic carbocycles. The van der Waals surface area contributed by atoms with E-state index < -0.39 is 0 Å². The molecule has 2 aromatic rings. The number of aromatic nitrogens is 2. The van der Waals surface area contributed by atoms with E-state index in [-0.39, 0.29) is 5.91 Å². The highest BCUT2D eigenvalue weighted by molar-refractivity contribution is 5.94. The van der Waals surface area contributed by atoms with Gasteiger partial charge in [-0.3, -0.25) is 14.4 Å². The predicted octanol–water partition coefficient (Wildman–Crippen LogP) is 1.65. The van der Waals surface area contributed by atoms with Crippen LogP contribution < -0.4 is 0 Å². The zero-order valence-electron chi connectivity index (χ0n) is 13.0. The summed E-state index contributed by atoms with van der Waals surface area (Å²) in [6.07, 6.45) is 3.79. The number of carbonyl (C=O) groups is 1. The number of benzene rings is 1. The van der Waals surface area contributed by atoms with E-state index in [2.05, 4.69) is 10.00 Å². The second-order valence-electron chi connectivity index (χ2n) is 5.77. The Labute approximate surface area is 131 Å². The van der Waals surface area contributed by atoms with Gasteiger partial charge in [-0.15, -0.1) is 0 Å². The van der Waals surface area contributed by atoms with Crippen LogP contribution in [0.5, 0.6) is 0 Å². The van der Waals surface area contributed by atoms with Crippen molar-refractivity contribution in [3.05, 3.63) is 53.9 Å². The summed E-state index contributed by atoms with van der Waals surface area (Å²) in [5.74, 6) is 0.145. The highest BCUT2D eigenvalue weighted by Gasteiger charge is 2.21. The quantitative estimate of drug-likeness (QED) is 0.862. The Kier molecular flexibility index (Phi) is 4.53. The number of carbonyl (C=O) groups excluding carboxylic acids is 1. The Balaban J connectivity index is 1.48. The summed E-state index contributed by atoms with van der Waals surface area (Å²) < 4.78 is 1.95. The molecule has 2 heterocycles. The van der Waals surface area contributed by atoms with Crippen molar-refractivity contribution in [3.63, 3.8) is 0 Å². The molecule has 1 aromatic heterocycles. The van der Waals surface area contributed by atoms with Crippen molar-refractivity contribution < 1.29 is 4.79 Å². The summed E-state index contributed by atoms with van der Waals surface area (Å²) in [5, 5.41) is 4.22. The van der Waals surface area contributed by atoms with Gasteiger partial charge in [-0.25, -0.2) is 0 Å². The van der Waals surface area contributed by atoms with Crippen LogP contribution in [0.2, 0.25) is 0 Å². The Morgan fingerprint density at radius 3 is 2.45 bits per heavy atom. The van der Waals surface area contributed by atoms with Gasteiger partial charge in [-0.05, 0) is 25.1 Å². The van der Waals surface area contributed by atoms with Crippen LogP contribution in [0.3, 0.4) is 0 Å². The summed E-state index contributed by atoms with van der Waals surface area (Å²) in [6.45, 7) is 7.37. The molecule has 5 nitrogen and oxygen atoms in total. The lowest BCUT2D eigenvalue weighted by molar-refractivity contribution is 0.0632. The molecule has 1 aliphatic rings. The minimum absolute atomic E-state index is 0.145. The van der Waals surface area contributed by atoms with Gasteiger partial charge in [0.15, 0.2) is 0 Å². The molecular weight excluding hydrogens is 276 g/mol.